The average Bonchev–Trinajstić information content (AvgIpc) is 2.98. The van der Waals surface area contributed by atoms with Crippen LogP contribution in [0.3, 0.4) is 0 Å². The summed E-state index contributed by atoms with van der Waals surface area (Å²) in [4.78, 5) is 18.5. The molecule has 2 N–H and O–H groups in total. The third-order valence-corrected chi connectivity index (χ3v) is 3.77. The summed E-state index contributed by atoms with van der Waals surface area (Å²) in [7, 11) is 0. The van der Waals surface area contributed by atoms with Crippen molar-refractivity contribution in [3.63, 3.8) is 0 Å². The fourth-order valence-corrected chi connectivity index (χ4v) is 2.66. The van der Waals surface area contributed by atoms with Crippen molar-refractivity contribution in [2.75, 3.05) is 5.32 Å². The van der Waals surface area contributed by atoms with E-state index in [4.69, 9.17) is 6.57 Å². The molecule has 0 radical (unpaired) electrons. The number of hydrogen-bond acceptors (Lipinski definition) is 7. The number of hydrogen-bond donors (Lipinski definition) is 2. The van der Waals surface area contributed by atoms with Crippen LogP contribution in [0.1, 0.15) is 6.92 Å². The first-order valence-corrected chi connectivity index (χ1v) is 7.49. The van der Waals surface area contributed by atoms with Crippen molar-refractivity contribution in [2.24, 2.45) is 10.2 Å². The topological polar surface area (TPSA) is 104 Å². The largest absolute Gasteiger partial charge is 0.506 e. The molecule has 8 nitrogen and oxygen atoms in total. The highest BCUT2D eigenvalue weighted by atomic mass is 32.1. The monoisotopic (exact) mass is 338 g/mol. The average molecular weight is 338 g/mol. The van der Waals surface area contributed by atoms with Crippen molar-refractivity contribution in [1.82, 2.24) is 9.36 Å². The molecule has 1 aromatic carbocycles. The molecule has 3 aromatic rings. The Morgan fingerprint density at radius 3 is 2.96 bits per heavy atom. The maximum absolute atomic E-state index is 11.1. The van der Waals surface area contributed by atoms with Crippen LogP contribution in [-0.4, -0.2) is 20.4 Å². The lowest BCUT2D eigenvalue weighted by molar-refractivity contribution is -0.114. The number of aromatic nitrogens is 2. The van der Waals surface area contributed by atoms with Crippen molar-refractivity contribution in [1.29, 1.82) is 0 Å². The first-order valence-electron chi connectivity index (χ1n) is 6.71. The first kappa shape index (κ1) is 15.5. The van der Waals surface area contributed by atoms with Gasteiger partial charge in [-0.1, -0.05) is 0 Å². The standard InChI is InChI=1S/C15H10N6O2S/c1-8(22)18-11-5-9(3-4-13(11)23)19-20-15-10-6-17-7-12(16-2)14(10)21-24-15/h3-7,23H,1H3,(H,18,22). The molecule has 0 saturated carbocycles. The number of aromatic hydroxyl groups is 1. The molecule has 0 aliphatic rings. The highest BCUT2D eigenvalue weighted by Crippen LogP contribution is 2.36. The van der Waals surface area contributed by atoms with Crippen LogP contribution in [0.4, 0.5) is 22.1 Å². The summed E-state index contributed by atoms with van der Waals surface area (Å²) in [6.45, 7) is 8.45. The third kappa shape index (κ3) is 3.04. The van der Waals surface area contributed by atoms with Gasteiger partial charge in [0.2, 0.25) is 11.6 Å². The van der Waals surface area contributed by atoms with Gasteiger partial charge in [-0.2, -0.15) is 0 Å². The molecular weight excluding hydrogens is 328 g/mol. The van der Waals surface area contributed by atoms with Crippen LogP contribution in [-0.2, 0) is 4.79 Å². The third-order valence-electron chi connectivity index (χ3n) is 3.02. The molecule has 0 atom stereocenters. The first-order chi connectivity index (χ1) is 11.6. The molecule has 0 unspecified atom stereocenters. The van der Waals surface area contributed by atoms with Gasteiger partial charge in [-0.05, 0) is 29.7 Å². The zero-order valence-electron chi connectivity index (χ0n) is 12.4. The summed E-state index contributed by atoms with van der Waals surface area (Å²) in [5.74, 6) is -0.358. The van der Waals surface area contributed by atoms with Crippen LogP contribution in [0.2, 0.25) is 0 Å². The lowest BCUT2D eigenvalue weighted by atomic mass is 10.2. The van der Waals surface area contributed by atoms with Gasteiger partial charge in [-0.25, -0.2) is 9.22 Å². The fourth-order valence-electron chi connectivity index (χ4n) is 1.97. The molecule has 0 bridgehead atoms. The Morgan fingerprint density at radius 2 is 2.21 bits per heavy atom. The van der Waals surface area contributed by atoms with Crippen molar-refractivity contribution < 1.29 is 9.90 Å². The Labute approximate surface area is 140 Å². The molecular formula is C15H10N6O2S. The number of carbonyl (C=O) groups excluding carboxylic acids is 1. The number of benzene rings is 1. The number of azo groups is 1. The van der Waals surface area contributed by atoms with Crippen LogP contribution in [0.25, 0.3) is 15.7 Å². The van der Waals surface area contributed by atoms with Gasteiger partial charge in [-0.3, -0.25) is 9.78 Å². The zero-order valence-corrected chi connectivity index (χ0v) is 13.2. The van der Waals surface area contributed by atoms with Gasteiger partial charge >= 0.3 is 0 Å². The summed E-state index contributed by atoms with van der Waals surface area (Å²) in [6, 6.07) is 4.49. The zero-order chi connectivity index (χ0) is 17.1. The summed E-state index contributed by atoms with van der Waals surface area (Å²) in [5, 5.41) is 21.6. The smallest absolute Gasteiger partial charge is 0.231 e. The Hall–Kier alpha value is -3.38. The van der Waals surface area contributed by atoms with Gasteiger partial charge < -0.3 is 10.4 Å². The normalized spacial score (nSPS) is 10.8. The maximum Gasteiger partial charge on any atom is 0.231 e. The van der Waals surface area contributed by atoms with Crippen LogP contribution in [0.15, 0.2) is 40.8 Å². The van der Waals surface area contributed by atoms with E-state index in [1.165, 1.54) is 25.3 Å². The molecule has 118 valence electrons. The molecule has 9 heteroatoms. The molecule has 0 aliphatic carbocycles. The van der Waals surface area contributed by atoms with Crippen LogP contribution in [0.5, 0.6) is 5.75 Å². The maximum atomic E-state index is 11.1. The lowest BCUT2D eigenvalue weighted by Gasteiger charge is -2.04. The second-order valence-electron chi connectivity index (χ2n) is 4.74. The van der Waals surface area contributed by atoms with E-state index >= 15 is 0 Å². The van der Waals surface area contributed by atoms with E-state index in [0.29, 0.717) is 27.3 Å². The number of nitrogens with zero attached hydrogens (tertiary/aromatic N) is 5. The molecule has 0 aliphatic heterocycles. The highest BCUT2D eigenvalue weighted by Gasteiger charge is 2.10. The Kier molecular flexibility index (Phi) is 4.13. The summed E-state index contributed by atoms with van der Waals surface area (Å²) >= 11 is 1.12. The predicted molar refractivity (Wildman–Crippen MR) is 90.3 cm³/mol. The van der Waals surface area contributed by atoms with E-state index in [0.717, 1.165) is 11.5 Å². The van der Waals surface area contributed by atoms with Crippen LogP contribution in [0, 0.1) is 6.57 Å². The molecule has 2 heterocycles. The second-order valence-corrected chi connectivity index (χ2v) is 5.49. The summed E-state index contributed by atoms with van der Waals surface area (Å²) < 4.78 is 4.21. The number of rotatable bonds is 3. The van der Waals surface area contributed by atoms with Gasteiger partial charge in [-0.15, -0.1) is 10.2 Å². The lowest BCUT2D eigenvalue weighted by Crippen LogP contribution is -2.05. The van der Waals surface area contributed by atoms with Gasteiger partial charge in [0.1, 0.15) is 5.75 Å². The van der Waals surface area contributed by atoms with E-state index in [-0.39, 0.29) is 17.3 Å². The van der Waals surface area contributed by atoms with Crippen molar-refractivity contribution in [3.8, 4) is 5.75 Å². The molecule has 1 amide bonds. The molecule has 0 fully saturated rings. The Bertz CT molecular complexity index is 1000. The van der Waals surface area contributed by atoms with Crippen molar-refractivity contribution in [2.45, 2.75) is 6.92 Å². The van der Waals surface area contributed by atoms with E-state index < -0.39 is 0 Å². The molecule has 0 spiro atoms. The minimum absolute atomic E-state index is 0.0571. The number of carbonyl (C=O) groups is 1. The number of amides is 1. The number of fused-ring (bicyclic) bond motifs is 1. The van der Waals surface area contributed by atoms with Gasteiger partial charge in [0, 0.05) is 24.7 Å². The highest BCUT2D eigenvalue weighted by molar-refractivity contribution is 7.11. The second kappa shape index (κ2) is 6.39. The number of anilines is 1. The Morgan fingerprint density at radius 1 is 1.38 bits per heavy atom. The number of nitrogens with one attached hydrogen (secondary N) is 1. The SMILES string of the molecule is [C-]#[N+]c1cncc2c(N=Nc3ccc(O)c(NC(C)=O)c3)snc12. The minimum Gasteiger partial charge on any atom is -0.506 e. The number of phenolic OH excluding ortho intramolecular Hbond substituents is 1. The van der Waals surface area contributed by atoms with E-state index in [2.05, 4.69) is 29.7 Å². The van der Waals surface area contributed by atoms with Crippen LogP contribution >= 0.6 is 11.5 Å². The van der Waals surface area contributed by atoms with E-state index in [1.54, 1.807) is 12.3 Å². The molecule has 24 heavy (non-hydrogen) atoms. The van der Waals surface area contributed by atoms with Gasteiger partial charge in [0.15, 0.2) is 5.00 Å². The quantitative estimate of drug-likeness (QED) is 0.421. The van der Waals surface area contributed by atoms with E-state index in [9.17, 15) is 9.90 Å². The van der Waals surface area contributed by atoms with Crippen molar-refractivity contribution >= 4 is 50.4 Å². The fraction of sp³-hybridized carbons (Fsp3) is 0.0667. The molecule has 3 rings (SSSR count). The minimum atomic E-state index is -0.300. The Balaban J connectivity index is 1.94. The number of phenols is 1. The van der Waals surface area contributed by atoms with E-state index in [1.807, 2.05) is 0 Å². The predicted octanol–water partition coefficient (Wildman–Crippen LogP) is 4.32. The van der Waals surface area contributed by atoms with Crippen LogP contribution < -0.4 is 5.32 Å². The molecule has 2 aromatic heterocycles. The van der Waals surface area contributed by atoms with Gasteiger partial charge in [0.25, 0.3) is 0 Å². The molecule has 0 saturated heterocycles. The number of pyridine rings is 1. The summed E-state index contributed by atoms with van der Waals surface area (Å²) in [6.07, 6.45) is 3.04. The van der Waals surface area contributed by atoms with Gasteiger partial charge in [0.05, 0.1) is 23.5 Å². The summed E-state index contributed by atoms with van der Waals surface area (Å²) in [5.41, 5.74) is 1.61. The van der Waals surface area contributed by atoms with Crippen molar-refractivity contribution in [3.05, 3.63) is 42.0 Å².